The normalized spacial score (nSPS) is 12.6. The van der Waals surface area contributed by atoms with Gasteiger partial charge < -0.3 is 15.2 Å². The highest BCUT2D eigenvalue weighted by molar-refractivity contribution is 9.10. The van der Waals surface area contributed by atoms with Crippen LogP contribution >= 0.6 is 27.5 Å². The highest BCUT2D eigenvalue weighted by Crippen LogP contribution is 2.29. The molecule has 0 heterocycles. The molecule has 1 aromatic rings. The van der Waals surface area contributed by atoms with E-state index in [9.17, 15) is 9.59 Å². The summed E-state index contributed by atoms with van der Waals surface area (Å²) >= 11 is 9.26. The van der Waals surface area contributed by atoms with E-state index >= 15 is 0 Å². The predicted molar refractivity (Wildman–Crippen MR) is 83.5 cm³/mol. The van der Waals surface area contributed by atoms with E-state index in [1.165, 1.54) is 0 Å². The van der Waals surface area contributed by atoms with Gasteiger partial charge in [-0.2, -0.15) is 0 Å². The number of alkyl carbamates (subject to hydrolysis) is 1. The van der Waals surface area contributed by atoms with Crippen LogP contribution in [-0.2, 0) is 9.53 Å². The third-order valence-corrected chi connectivity index (χ3v) is 3.36. The molecule has 116 valence electrons. The molecule has 0 aliphatic heterocycles. The Hall–Kier alpha value is -1.27. The molecule has 0 saturated carbocycles. The van der Waals surface area contributed by atoms with Crippen molar-refractivity contribution in [2.24, 2.45) is 0 Å². The highest BCUT2D eigenvalue weighted by Gasteiger charge is 2.24. The molecular formula is C14H17BrClNO4. The summed E-state index contributed by atoms with van der Waals surface area (Å²) in [7, 11) is 0. The zero-order valence-electron chi connectivity index (χ0n) is 11.9. The maximum absolute atomic E-state index is 11.8. The number of rotatable bonds is 4. The molecule has 0 unspecified atom stereocenters. The van der Waals surface area contributed by atoms with Crippen molar-refractivity contribution in [3.63, 3.8) is 0 Å². The number of hydrogen-bond donors (Lipinski definition) is 2. The topological polar surface area (TPSA) is 75.6 Å². The number of carboxylic acids is 1. The monoisotopic (exact) mass is 377 g/mol. The maximum atomic E-state index is 11.8. The first-order chi connectivity index (χ1) is 9.58. The van der Waals surface area contributed by atoms with Gasteiger partial charge in [-0.1, -0.05) is 27.5 Å². The zero-order valence-corrected chi connectivity index (χ0v) is 14.3. The van der Waals surface area contributed by atoms with Gasteiger partial charge >= 0.3 is 12.1 Å². The van der Waals surface area contributed by atoms with Crippen molar-refractivity contribution in [1.29, 1.82) is 0 Å². The van der Waals surface area contributed by atoms with Crippen LogP contribution < -0.4 is 5.32 Å². The molecule has 7 heteroatoms. The van der Waals surface area contributed by atoms with Gasteiger partial charge in [-0.05, 0) is 44.5 Å². The van der Waals surface area contributed by atoms with E-state index in [-0.39, 0.29) is 6.42 Å². The molecule has 1 aromatic carbocycles. The number of carbonyl (C=O) groups is 2. The van der Waals surface area contributed by atoms with Crippen LogP contribution in [0, 0.1) is 0 Å². The third-order valence-electron chi connectivity index (χ3n) is 2.40. The number of amides is 1. The highest BCUT2D eigenvalue weighted by atomic mass is 79.9. The predicted octanol–water partition coefficient (Wildman–Crippen LogP) is 4.14. The van der Waals surface area contributed by atoms with E-state index in [0.29, 0.717) is 15.1 Å². The van der Waals surface area contributed by atoms with Gasteiger partial charge in [0.1, 0.15) is 5.60 Å². The van der Waals surface area contributed by atoms with Gasteiger partial charge in [-0.15, -0.1) is 0 Å². The molecule has 1 atom stereocenters. The van der Waals surface area contributed by atoms with Crippen molar-refractivity contribution in [2.45, 2.75) is 38.8 Å². The van der Waals surface area contributed by atoms with Crippen LogP contribution in [0.4, 0.5) is 4.79 Å². The molecule has 5 nitrogen and oxygen atoms in total. The Morgan fingerprint density at radius 3 is 2.57 bits per heavy atom. The minimum absolute atomic E-state index is 0.280. The molecule has 0 radical (unpaired) electrons. The zero-order chi connectivity index (χ0) is 16.2. The lowest BCUT2D eigenvalue weighted by atomic mass is 10.0. The maximum Gasteiger partial charge on any atom is 0.408 e. The second kappa shape index (κ2) is 7.13. The van der Waals surface area contributed by atoms with E-state index < -0.39 is 23.7 Å². The van der Waals surface area contributed by atoms with Crippen LogP contribution in [-0.4, -0.2) is 22.8 Å². The lowest BCUT2D eigenvalue weighted by molar-refractivity contribution is -0.137. The Labute approximate surface area is 136 Å². The number of ether oxygens (including phenoxy) is 1. The number of carbonyl (C=O) groups excluding carboxylic acids is 1. The summed E-state index contributed by atoms with van der Waals surface area (Å²) < 4.78 is 5.81. The van der Waals surface area contributed by atoms with E-state index in [1.54, 1.807) is 39.0 Å². The van der Waals surface area contributed by atoms with Crippen LogP contribution in [0.25, 0.3) is 0 Å². The quantitative estimate of drug-likeness (QED) is 0.825. The Morgan fingerprint density at radius 1 is 1.43 bits per heavy atom. The van der Waals surface area contributed by atoms with E-state index in [1.807, 2.05) is 0 Å². The minimum Gasteiger partial charge on any atom is -0.481 e. The fourth-order valence-corrected chi connectivity index (χ4v) is 2.35. The molecule has 0 aromatic heterocycles. The number of carboxylic acid groups (broad SMARTS) is 1. The van der Waals surface area contributed by atoms with Crippen molar-refractivity contribution < 1.29 is 19.4 Å². The van der Waals surface area contributed by atoms with Gasteiger partial charge in [0, 0.05) is 9.50 Å². The van der Waals surface area contributed by atoms with Crippen LogP contribution in [0.15, 0.2) is 22.7 Å². The lowest BCUT2D eigenvalue weighted by Gasteiger charge is -2.23. The molecule has 1 rings (SSSR count). The summed E-state index contributed by atoms with van der Waals surface area (Å²) in [5, 5.41) is 12.0. The summed E-state index contributed by atoms with van der Waals surface area (Å²) in [5.74, 6) is -1.04. The molecular weight excluding hydrogens is 362 g/mol. The third kappa shape index (κ3) is 6.35. The molecule has 21 heavy (non-hydrogen) atoms. The van der Waals surface area contributed by atoms with Gasteiger partial charge in [0.05, 0.1) is 12.5 Å². The summed E-state index contributed by atoms with van der Waals surface area (Å²) in [5.41, 5.74) is -0.0839. The minimum atomic E-state index is -1.04. The largest absolute Gasteiger partial charge is 0.481 e. The van der Waals surface area contributed by atoms with Crippen molar-refractivity contribution in [3.05, 3.63) is 33.3 Å². The van der Waals surface area contributed by atoms with Gasteiger partial charge in [0.15, 0.2) is 0 Å². The Morgan fingerprint density at radius 2 is 2.05 bits per heavy atom. The second-order valence-electron chi connectivity index (χ2n) is 5.46. The average Bonchev–Trinajstić information content (AvgIpc) is 2.28. The number of halogens is 2. The first kappa shape index (κ1) is 17.8. The van der Waals surface area contributed by atoms with Crippen LogP contribution in [0.3, 0.4) is 0 Å². The van der Waals surface area contributed by atoms with Crippen LogP contribution in [0.1, 0.15) is 38.8 Å². The smallest absolute Gasteiger partial charge is 0.408 e. The number of aliphatic carboxylic acids is 1. The SMILES string of the molecule is CC(C)(C)OC(=O)N[C@H](CC(=O)O)c1cc(Cl)ccc1Br. The molecule has 0 aliphatic rings. The second-order valence-corrected chi connectivity index (χ2v) is 6.75. The number of hydrogen-bond acceptors (Lipinski definition) is 3. The summed E-state index contributed by atoms with van der Waals surface area (Å²) in [4.78, 5) is 22.9. The average molecular weight is 379 g/mol. The van der Waals surface area contributed by atoms with Crippen LogP contribution in [0.5, 0.6) is 0 Å². The molecule has 0 aliphatic carbocycles. The van der Waals surface area contributed by atoms with Gasteiger partial charge in [0.25, 0.3) is 0 Å². The van der Waals surface area contributed by atoms with Crippen molar-refractivity contribution in [1.82, 2.24) is 5.32 Å². The molecule has 2 N–H and O–H groups in total. The van der Waals surface area contributed by atoms with E-state index in [2.05, 4.69) is 21.2 Å². The van der Waals surface area contributed by atoms with Crippen LogP contribution in [0.2, 0.25) is 5.02 Å². The summed E-state index contributed by atoms with van der Waals surface area (Å²) in [6.07, 6.45) is -0.960. The molecule has 0 fully saturated rings. The van der Waals surface area contributed by atoms with Crippen molar-refractivity contribution in [3.8, 4) is 0 Å². The van der Waals surface area contributed by atoms with Crippen molar-refractivity contribution >= 4 is 39.6 Å². The summed E-state index contributed by atoms with van der Waals surface area (Å²) in [6, 6.07) is 4.23. The van der Waals surface area contributed by atoms with Gasteiger partial charge in [0.2, 0.25) is 0 Å². The van der Waals surface area contributed by atoms with E-state index in [4.69, 9.17) is 21.4 Å². The molecule has 0 saturated heterocycles. The number of nitrogens with one attached hydrogen (secondary N) is 1. The Kier molecular flexibility index (Phi) is 6.04. The number of benzene rings is 1. The van der Waals surface area contributed by atoms with Gasteiger partial charge in [-0.25, -0.2) is 4.79 Å². The fraction of sp³-hybridized carbons (Fsp3) is 0.429. The molecule has 0 spiro atoms. The molecule has 0 bridgehead atoms. The summed E-state index contributed by atoms with van der Waals surface area (Å²) in [6.45, 7) is 5.19. The first-order valence-electron chi connectivity index (χ1n) is 6.25. The fourth-order valence-electron chi connectivity index (χ4n) is 1.64. The lowest BCUT2D eigenvalue weighted by Crippen LogP contribution is -2.36. The van der Waals surface area contributed by atoms with E-state index in [0.717, 1.165) is 0 Å². The van der Waals surface area contributed by atoms with Gasteiger partial charge in [-0.3, -0.25) is 4.79 Å². The molecule has 1 amide bonds. The van der Waals surface area contributed by atoms with Crippen molar-refractivity contribution in [2.75, 3.05) is 0 Å². The standard InChI is InChI=1S/C14H17BrClNO4/c1-14(2,3)21-13(20)17-11(7-12(18)19)9-6-8(16)4-5-10(9)15/h4-6,11H,7H2,1-3H3,(H,17,20)(H,18,19)/t11-/m1/s1. The first-order valence-corrected chi connectivity index (χ1v) is 7.42. The Balaban J connectivity index is 2.98. The Bertz CT molecular complexity index is 542.